The number of hydrogen-bond acceptors (Lipinski definition) is 5. The Hall–Kier alpha value is -0.880. The Morgan fingerprint density at radius 2 is 2.17 bits per heavy atom. The lowest BCUT2D eigenvalue weighted by Gasteiger charge is -2.20. The standard InChI is InChI=1S/C12H20N2O3S/c1-9(7-13)11-8-14-12(17-11)6-10-2-4-18(15,16)5-3-10/h8-10H,2-7,13H2,1H3. The molecule has 2 N–H and O–H groups in total. The van der Waals surface area contributed by atoms with E-state index in [0.29, 0.717) is 42.7 Å². The first-order valence-corrected chi connectivity index (χ1v) is 8.17. The van der Waals surface area contributed by atoms with Gasteiger partial charge in [-0.2, -0.15) is 0 Å². The van der Waals surface area contributed by atoms with Gasteiger partial charge < -0.3 is 10.2 Å². The van der Waals surface area contributed by atoms with Gasteiger partial charge in [-0.1, -0.05) is 6.92 Å². The number of nitrogens with two attached hydrogens (primary N) is 1. The lowest BCUT2D eigenvalue weighted by atomic mass is 9.99. The minimum absolute atomic E-state index is 0.179. The molecule has 1 aliphatic rings. The van der Waals surface area contributed by atoms with Crippen molar-refractivity contribution in [3.63, 3.8) is 0 Å². The summed E-state index contributed by atoms with van der Waals surface area (Å²) in [6.07, 6.45) is 3.89. The summed E-state index contributed by atoms with van der Waals surface area (Å²) in [5.41, 5.74) is 5.57. The Balaban J connectivity index is 1.92. The molecule has 0 radical (unpaired) electrons. The zero-order valence-corrected chi connectivity index (χ0v) is 11.4. The summed E-state index contributed by atoms with van der Waals surface area (Å²) in [6, 6.07) is 0. The molecule has 18 heavy (non-hydrogen) atoms. The van der Waals surface area contributed by atoms with Crippen LogP contribution in [-0.4, -0.2) is 31.5 Å². The van der Waals surface area contributed by atoms with Crippen molar-refractivity contribution in [2.24, 2.45) is 11.7 Å². The molecule has 1 aliphatic heterocycles. The molecular weight excluding hydrogens is 252 g/mol. The van der Waals surface area contributed by atoms with Crippen LogP contribution in [0.4, 0.5) is 0 Å². The third kappa shape index (κ3) is 3.32. The molecule has 1 fully saturated rings. The van der Waals surface area contributed by atoms with Crippen LogP contribution in [0, 0.1) is 5.92 Å². The fraction of sp³-hybridized carbons (Fsp3) is 0.750. The third-order valence-electron chi connectivity index (χ3n) is 3.55. The van der Waals surface area contributed by atoms with E-state index in [1.807, 2.05) is 6.92 Å². The number of hydrogen-bond donors (Lipinski definition) is 1. The molecule has 0 bridgehead atoms. The molecule has 0 saturated carbocycles. The van der Waals surface area contributed by atoms with Crippen LogP contribution in [0.3, 0.4) is 0 Å². The van der Waals surface area contributed by atoms with Crippen molar-refractivity contribution in [2.45, 2.75) is 32.1 Å². The topological polar surface area (TPSA) is 86.2 Å². The predicted octanol–water partition coefficient (Wildman–Crippen LogP) is 1.10. The van der Waals surface area contributed by atoms with Crippen molar-refractivity contribution >= 4 is 9.84 Å². The van der Waals surface area contributed by atoms with Crippen molar-refractivity contribution in [2.75, 3.05) is 18.1 Å². The van der Waals surface area contributed by atoms with Crippen LogP contribution in [0.25, 0.3) is 0 Å². The molecule has 5 nitrogen and oxygen atoms in total. The first kappa shape index (κ1) is 13.5. The van der Waals surface area contributed by atoms with Gasteiger partial charge in [0.2, 0.25) is 0 Å². The molecule has 102 valence electrons. The average molecular weight is 272 g/mol. The van der Waals surface area contributed by atoms with E-state index >= 15 is 0 Å². The number of rotatable bonds is 4. The Labute approximate surface area is 108 Å². The lowest BCUT2D eigenvalue weighted by molar-refractivity contribution is 0.377. The van der Waals surface area contributed by atoms with Crippen molar-refractivity contribution in [3.8, 4) is 0 Å². The number of nitrogens with zero attached hydrogens (tertiary/aromatic N) is 1. The molecule has 6 heteroatoms. The number of oxazole rings is 1. The maximum absolute atomic E-state index is 11.3. The largest absolute Gasteiger partial charge is 0.445 e. The van der Waals surface area contributed by atoms with Crippen molar-refractivity contribution in [3.05, 3.63) is 17.8 Å². The average Bonchev–Trinajstić information content (AvgIpc) is 2.79. The highest BCUT2D eigenvalue weighted by atomic mass is 32.2. The van der Waals surface area contributed by atoms with Crippen LogP contribution >= 0.6 is 0 Å². The summed E-state index contributed by atoms with van der Waals surface area (Å²) in [6.45, 7) is 2.54. The maximum atomic E-state index is 11.3. The van der Waals surface area contributed by atoms with E-state index in [-0.39, 0.29) is 5.92 Å². The monoisotopic (exact) mass is 272 g/mol. The highest BCUT2D eigenvalue weighted by Crippen LogP contribution is 2.24. The zero-order valence-electron chi connectivity index (χ0n) is 10.6. The highest BCUT2D eigenvalue weighted by Gasteiger charge is 2.25. The summed E-state index contributed by atoms with van der Waals surface area (Å²) < 4.78 is 28.3. The van der Waals surface area contributed by atoms with Crippen LogP contribution in [-0.2, 0) is 16.3 Å². The Kier molecular flexibility index (Phi) is 4.07. The zero-order chi connectivity index (χ0) is 13.2. The first-order valence-electron chi connectivity index (χ1n) is 6.35. The minimum atomic E-state index is -2.79. The first-order chi connectivity index (χ1) is 8.50. The van der Waals surface area contributed by atoms with Gasteiger partial charge in [-0.15, -0.1) is 0 Å². The van der Waals surface area contributed by atoms with Crippen molar-refractivity contribution < 1.29 is 12.8 Å². The molecule has 2 rings (SSSR count). The molecule has 1 aromatic heterocycles. The molecule has 0 aromatic carbocycles. The quantitative estimate of drug-likeness (QED) is 0.887. The van der Waals surface area contributed by atoms with Crippen molar-refractivity contribution in [1.29, 1.82) is 0 Å². The van der Waals surface area contributed by atoms with Gasteiger partial charge in [0.25, 0.3) is 0 Å². The fourth-order valence-electron chi connectivity index (χ4n) is 2.15. The summed E-state index contributed by atoms with van der Waals surface area (Å²) in [7, 11) is -2.79. The Morgan fingerprint density at radius 1 is 1.50 bits per heavy atom. The fourth-order valence-corrected chi connectivity index (χ4v) is 3.74. The van der Waals surface area contributed by atoms with Gasteiger partial charge in [0.05, 0.1) is 17.7 Å². The van der Waals surface area contributed by atoms with Gasteiger partial charge in [-0.05, 0) is 18.8 Å². The molecule has 2 heterocycles. The van der Waals surface area contributed by atoms with Gasteiger partial charge >= 0.3 is 0 Å². The molecule has 1 saturated heterocycles. The second-order valence-corrected chi connectivity index (χ2v) is 7.40. The molecule has 1 unspecified atom stereocenters. The van der Waals surface area contributed by atoms with Crippen LogP contribution in [0.2, 0.25) is 0 Å². The van der Waals surface area contributed by atoms with Gasteiger partial charge in [0.1, 0.15) is 15.6 Å². The van der Waals surface area contributed by atoms with Gasteiger partial charge in [0.15, 0.2) is 5.89 Å². The molecular formula is C12H20N2O3S. The summed E-state index contributed by atoms with van der Waals surface area (Å²) >= 11 is 0. The summed E-state index contributed by atoms with van der Waals surface area (Å²) in [5.74, 6) is 2.66. The third-order valence-corrected chi connectivity index (χ3v) is 5.26. The van der Waals surface area contributed by atoms with Gasteiger partial charge in [0, 0.05) is 18.9 Å². The van der Waals surface area contributed by atoms with E-state index in [4.69, 9.17) is 10.2 Å². The van der Waals surface area contributed by atoms with E-state index in [2.05, 4.69) is 4.98 Å². The van der Waals surface area contributed by atoms with Crippen LogP contribution in [0.5, 0.6) is 0 Å². The summed E-state index contributed by atoms with van der Waals surface area (Å²) in [5, 5.41) is 0. The normalized spacial score (nSPS) is 21.9. The Bertz CT molecular complexity index is 481. The lowest BCUT2D eigenvalue weighted by Crippen LogP contribution is -2.24. The van der Waals surface area contributed by atoms with Crippen LogP contribution in [0.1, 0.15) is 37.3 Å². The molecule has 0 spiro atoms. The number of aromatic nitrogens is 1. The smallest absolute Gasteiger partial charge is 0.194 e. The van der Waals surface area contributed by atoms with E-state index < -0.39 is 9.84 Å². The maximum Gasteiger partial charge on any atom is 0.194 e. The summed E-state index contributed by atoms with van der Waals surface area (Å²) in [4.78, 5) is 4.24. The molecule has 1 atom stereocenters. The molecule has 0 amide bonds. The van der Waals surface area contributed by atoms with E-state index in [1.54, 1.807) is 6.20 Å². The van der Waals surface area contributed by atoms with Gasteiger partial charge in [-0.3, -0.25) is 0 Å². The molecule has 1 aromatic rings. The SMILES string of the molecule is CC(CN)c1cnc(CC2CCS(=O)(=O)CC2)o1. The van der Waals surface area contributed by atoms with Crippen molar-refractivity contribution in [1.82, 2.24) is 4.98 Å². The van der Waals surface area contributed by atoms with E-state index in [0.717, 1.165) is 12.2 Å². The van der Waals surface area contributed by atoms with E-state index in [1.165, 1.54) is 0 Å². The predicted molar refractivity (Wildman–Crippen MR) is 69.1 cm³/mol. The second-order valence-electron chi connectivity index (χ2n) is 5.09. The minimum Gasteiger partial charge on any atom is -0.445 e. The molecule has 0 aliphatic carbocycles. The Morgan fingerprint density at radius 3 is 2.78 bits per heavy atom. The second kappa shape index (κ2) is 5.40. The van der Waals surface area contributed by atoms with Crippen LogP contribution < -0.4 is 5.73 Å². The number of sulfone groups is 1. The van der Waals surface area contributed by atoms with E-state index in [9.17, 15) is 8.42 Å². The van der Waals surface area contributed by atoms with Gasteiger partial charge in [-0.25, -0.2) is 13.4 Å². The van der Waals surface area contributed by atoms with Crippen LogP contribution in [0.15, 0.2) is 10.6 Å². The highest BCUT2D eigenvalue weighted by molar-refractivity contribution is 7.91.